The van der Waals surface area contributed by atoms with E-state index in [-0.39, 0.29) is 16.8 Å². The van der Waals surface area contributed by atoms with Gasteiger partial charge in [0.2, 0.25) is 0 Å². The molecule has 0 heterocycles. The zero-order chi connectivity index (χ0) is 12.1. The summed E-state index contributed by atoms with van der Waals surface area (Å²) in [6.07, 6.45) is 0. The van der Waals surface area contributed by atoms with E-state index >= 15 is 0 Å². The van der Waals surface area contributed by atoms with Gasteiger partial charge >= 0.3 is 0 Å². The molecule has 0 bridgehead atoms. The van der Waals surface area contributed by atoms with Crippen LogP contribution in [0.5, 0.6) is 5.75 Å². The smallest absolute Gasteiger partial charge is 0.139 e. The van der Waals surface area contributed by atoms with Crippen LogP contribution >= 0.6 is 23.2 Å². The van der Waals surface area contributed by atoms with Crippen molar-refractivity contribution in [3.63, 3.8) is 0 Å². The minimum absolute atomic E-state index is 0.0358. The molecule has 1 unspecified atom stereocenters. The van der Waals surface area contributed by atoms with E-state index in [9.17, 15) is 5.11 Å². The summed E-state index contributed by atoms with van der Waals surface area (Å²) in [5, 5.41) is 13.8. The molecule has 90 valence electrons. The SMILES string of the molecule is COCCNC(C)c1cc(Cl)cc(Cl)c1O. The van der Waals surface area contributed by atoms with Gasteiger partial charge in [-0.3, -0.25) is 0 Å². The Morgan fingerprint density at radius 2 is 2.12 bits per heavy atom. The molecule has 0 saturated heterocycles. The molecule has 16 heavy (non-hydrogen) atoms. The Morgan fingerprint density at radius 1 is 1.44 bits per heavy atom. The van der Waals surface area contributed by atoms with Gasteiger partial charge in [0.1, 0.15) is 5.75 Å². The Hall–Kier alpha value is -0.480. The van der Waals surface area contributed by atoms with Crippen LogP contribution in [-0.2, 0) is 4.74 Å². The third-order valence-electron chi connectivity index (χ3n) is 2.28. The molecule has 1 aromatic carbocycles. The van der Waals surface area contributed by atoms with Gasteiger partial charge in [-0.15, -0.1) is 0 Å². The van der Waals surface area contributed by atoms with Crippen LogP contribution in [-0.4, -0.2) is 25.4 Å². The number of methoxy groups -OCH3 is 1. The van der Waals surface area contributed by atoms with Crippen LogP contribution in [0.2, 0.25) is 10.0 Å². The molecule has 0 saturated carbocycles. The van der Waals surface area contributed by atoms with Crippen molar-refractivity contribution in [2.45, 2.75) is 13.0 Å². The molecule has 0 amide bonds. The number of phenolic OH excluding ortho intramolecular Hbond substituents is 1. The fourth-order valence-electron chi connectivity index (χ4n) is 1.40. The van der Waals surface area contributed by atoms with Gasteiger partial charge in [-0.2, -0.15) is 0 Å². The highest BCUT2D eigenvalue weighted by atomic mass is 35.5. The molecule has 0 spiro atoms. The number of hydrogen-bond donors (Lipinski definition) is 2. The number of ether oxygens (including phenoxy) is 1. The fraction of sp³-hybridized carbons (Fsp3) is 0.455. The van der Waals surface area contributed by atoms with E-state index in [2.05, 4.69) is 5.32 Å². The van der Waals surface area contributed by atoms with Gasteiger partial charge in [-0.25, -0.2) is 0 Å². The van der Waals surface area contributed by atoms with Crippen molar-refractivity contribution < 1.29 is 9.84 Å². The Labute approximate surface area is 105 Å². The van der Waals surface area contributed by atoms with Crippen molar-refractivity contribution >= 4 is 23.2 Å². The fourth-order valence-corrected chi connectivity index (χ4v) is 1.91. The number of halogens is 2. The molecule has 0 radical (unpaired) electrons. The summed E-state index contributed by atoms with van der Waals surface area (Å²) in [6, 6.07) is 3.18. The van der Waals surface area contributed by atoms with E-state index in [1.54, 1.807) is 13.2 Å². The van der Waals surface area contributed by atoms with E-state index in [0.29, 0.717) is 23.7 Å². The van der Waals surface area contributed by atoms with E-state index < -0.39 is 0 Å². The van der Waals surface area contributed by atoms with E-state index in [0.717, 1.165) is 0 Å². The summed E-state index contributed by atoms with van der Waals surface area (Å²) in [5.41, 5.74) is 0.689. The maximum Gasteiger partial charge on any atom is 0.139 e. The van der Waals surface area contributed by atoms with Crippen LogP contribution in [0.15, 0.2) is 12.1 Å². The van der Waals surface area contributed by atoms with Crippen molar-refractivity contribution in [1.29, 1.82) is 0 Å². The molecule has 0 aromatic heterocycles. The van der Waals surface area contributed by atoms with E-state index in [1.165, 1.54) is 6.07 Å². The molecule has 0 fully saturated rings. The molecular weight excluding hydrogens is 249 g/mol. The second kappa shape index (κ2) is 6.30. The summed E-state index contributed by atoms with van der Waals surface area (Å²) in [4.78, 5) is 0. The van der Waals surface area contributed by atoms with Gasteiger partial charge in [-0.1, -0.05) is 23.2 Å². The molecule has 5 heteroatoms. The molecule has 0 aliphatic carbocycles. The quantitative estimate of drug-likeness (QED) is 0.803. The molecule has 2 N–H and O–H groups in total. The molecule has 0 aliphatic rings. The first-order valence-corrected chi connectivity index (χ1v) is 5.72. The predicted octanol–water partition coefficient (Wildman–Crippen LogP) is 3.00. The average molecular weight is 264 g/mol. The Morgan fingerprint density at radius 3 is 2.75 bits per heavy atom. The lowest BCUT2D eigenvalue weighted by Crippen LogP contribution is -2.22. The first-order valence-electron chi connectivity index (χ1n) is 4.96. The number of phenols is 1. The van der Waals surface area contributed by atoms with Gasteiger partial charge in [0.05, 0.1) is 11.6 Å². The van der Waals surface area contributed by atoms with Gasteiger partial charge in [0, 0.05) is 30.3 Å². The van der Waals surface area contributed by atoms with Crippen LogP contribution in [0.3, 0.4) is 0 Å². The largest absolute Gasteiger partial charge is 0.506 e. The molecular formula is C11H15Cl2NO2. The highest BCUT2D eigenvalue weighted by Gasteiger charge is 2.13. The van der Waals surface area contributed by atoms with Crippen LogP contribution in [0.4, 0.5) is 0 Å². The summed E-state index contributed by atoms with van der Waals surface area (Å²) >= 11 is 11.7. The first kappa shape index (κ1) is 13.6. The molecule has 1 rings (SSSR count). The second-order valence-electron chi connectivity index (χ2n) is 3.49. The lowest BCUT2D eigenvalue weighted by molar-refractivity contribution is 0.196. The van der Waals surface area contributed by atoms with Gasteiger partial charge in [-0.05, 0) is 19.1 Å². The van der Waals surface area contributed by atoms with Gasteiger partial charge in [0.15, 0.2) is 0 Å². The number of hydrogen-bond acceptors (Lipinski definition) is 3. The molecule has 1 aromatic rings. The van der Waals surface area contributed by atoms with Crippen molar-refractivity contribution in [3.8, 4) is 5.75 Å². The standard InChI is InChI=1S/C11H15Cl2NO2/c1-7(14-3-4-16-2)9-5-8(12)6-10(13)11(9)15/h5-7,14-15H,3-4H2,1-2H3. The van der Waals surface area contributed by atoms with Crippen molar-refractivity contribution in [2.75, 3.05) is 20.3 Å². The summed E-state index contributed by atoms with van der Waals surface area (Å²) < 4.78 is 4.93. The molecule has 1 atom stereocenters. The summed E-state index contributed by atoms with van der Waals surface area (Å²) in [5.74, 6) is 0.0727. The minimum atomic E-state index is -0.0358. The Balaban J connectivity index is 2.78. The zero-order valence-corrected chi connectivity index (χ0v) is 10.8. The van der Waals surface area contributed by atoms with Crippen molar-refractivity contribution in [3.05, 3.63) is 27.7 Å². The normalized spacial score (nSPS) is 12.8. The summed E-state index contributed by atoms with van der Waals surface area (Å²) in [6.45, 7) is 3.23. The van der Waals surface area contributed by atoms with Gasteiger partial charge < -0.3 is 15.2 Å². The number of aromatic hydroxyl groups is 1. The highest BCUT2D eigenvalue weighted by Crippen LogP contribution is 2.34. The number of benzene rings is 1. The van der Waals surface area contributed by atoms with Crippen molar-refractivity contribution in [1.82, 2.24) is 5.32 Å². The highest BCUT2D eigenvalue weighted by molar-refractivity contribution is 6.35. The van der Waals surface area contributed by atoms with Crippen LogP contribution in [0.1, 0.15) is 18.5 Å². The number of rotatable bonds is 5. The Kier molecular flexibility index (Phi) is 5.35. The van der Waals surface area contributed by atoms with Crippen molar-refractivity contribution in [2.24, 2.45) is 0 Å². The van der Waals surface area contributed by atoms with Crippen LogP contribution in [0.25, 0.3) is 0 Å². The maximum atomic E-state index is 9.79. The Bertz CT molecular complexity index is 358. The molecule has 3 nitrogen and oxygen atoms in total. The minimum Gasteiger partial charge on any atom is -0.506 e. The monoisotopic (exact) mass is 263 g/mol. The number of nitrogens with one attached hydrogen (secondary N) is 1. The third-order valence-corrected chi connectivity index (χ3v) is 2.79. The van der Waals surface area contributed by atoms with E-state index in [1.807, 2.05) is 6.92 Å². The van der Waals surface area contributed by atoms with Gasteiger partial charge in [0.25, 0.3) is 0 Å². The topological polar surface area (TPSA) is 41.5 Å². The lowest BCUT2D eigenvalue weighted by atomic mass is 10.1. The van der Waals surface area contributed by atoms with Crippen LogP contribution < -0.4 is 5.32 Å². The average Bonchev–Trinajstić information content (AvgIpc) is 2.23. The maximum absolute atomic E-state index is 9.79. The third kappa shape index (κ3) is 3.52. The zero-order valence-electron chi connectivity index (χ0n) is 9.26. The first-order chi connectivity index (χ1) is 7.56. The predicted molar refractivity (Wildman–Crippen MR) is 66.4 cm³/mol. The second-order valence-corrected chi connectivity index (χ2v) is 4.34. The molecule has 0 aliphatic heterocycles. The lowest BCUT2D eigenvalue weighted by Gasteiger charge is -2.16. The summed E-state index contributed by atoms with van der Waals surface area (Å²) in [7, 11) is 1.64. The van der Waals surface area contributed by atoms with E-state index in [4.69, 9.17) is 27.9 Å². The van der Waals surface area contributed by atoms with Crippen LogP contribution in [0, 0.1) is 0 Å².